The summed E-state index contributed by atoms with van der Waals surface area (Å²) >= 11 is 0. The molecule has 0 atom stereocenters. The lowest BCUT2D eigenvalue weighted by Gasteiger charge is -2.10. The summed E-state index contributed by atoms with van der Waals surface area (Å²) < 4.78 is 0. The summed E-state index contributed by atoms with van der Waals surface area (Å²) in [5.41, 5.74) is 9.79. The Bertz CT molecular complexity index is 694. The lowest BCUT2D eigenvalue weighted by atomic mass is 10.0. The molecule has 3 aromatic rings. The molecule has 0 aliphatic rings. The number of hydrogen-bond acceptors (Lipinski definition) is 3. The molecule has 3 nitrogen and oxygen atoms in total. The zero-order valence-corrected chi connectivity index (χ0v) is 11.0. The minimum Gasteiger partial charge on any atom is -0.324 e. The summed E-state index contributed by atoms with van der Waals surface area (Å²) in [4.78, 5) is 8.93. The van der Waals surface area contributed by atoms with Crippen LogP contribution in [-0.2, 0) is 6.54 Å². The van der Waals surface area contributed by atoms with Crippen LogP contribution in [0, 0.1) is 0 Å². The lowest BCUT2D eigenvalue weighted by molar-refractivity contribution is 0.913. The number of rotatable bonds is 3. The van der Waals surface area contributed by atoms with E-state index in [1.807, 2.05) is 42.6 Å². The molecule has 0 spiro atoms. The fourth-order valence-electron chi connectivity index (χ4n) is 2.16. The topological polar surface area (TPSA) is 51.8 Å². The van der Waals surface area contributed by atoms with Crippen LogP contribution in [0.1, 0.15) is 5.82 Å². The number of hydrogen-bond donors (Lipinski definition) is 1. The molecule has 0 radical (unpaired) electrons. The maximum Gasteiger partial charge on any atom is 0.142 e. The van der Waals surface area contributed by atoms with E-state index in [0.29, 0.717) is 12.4 Å². The SMILES string of the molecule is NCc1ncc(-c2ccccc2)c(-c2ccccc2)n1. The van der Waals surface area contributed by atoms with Gasteiger partial charge in [-0.3, -0.25) is 0 Å². The summed E-state index contributed by atoms with van der Waals surface area (Å²) in [6.07, 6.45) is 1.85. The van der Waals surface area contributed by atoms with Gasteiger partial charge in [-0.1, -0.05) is 60.7 Å². The first kappa shape index (κ1) is 12.5. The van der Waals surface area contributed by atoms with Crippen molar-refractivity contribution in [1.82, 2.24) is 9.97 Å². The van der Waals surface area contributed by atoms with Crippen molar-refractivity contribution in [3.8, 4) is 22.4 Å². The Balaban J connectivity index is 2.20. The van der Waals surface area contributed by atoms with E-state index in [4.69, 9.17) is 5.73 Å². The third-order valence-corrected chi connectivity index (χ3v) is 3.15. The molecule has 3 rings (SSSR count). The molecule has 0 fully saturated rings. The largest absolute Gasteiger partial charge is 0.324 e. The second-order valence-electron chi connectivity index (χ2n) is 4.48. The molecule has 0 saturated carbocycles. The van der Waals surface area contributed by atoms with Gasteiger partial charge in [-0.15, -0.1) is 0 Å². The monoisotopic (exact) mass is 261 g/mol. The minimum atomic E-state index is 0.342. The molecular weight excluding hydrogens is 246 g/mol. The summed E-state index contributed by atoms with van der Waals surface area (Å²) in [6, 6.07) is 20.3. The summed E-state index contributed by atoms with van der Waals surface area (Å²) in [5.74, 6) is 0.656. The van der Waals surface area contributed by atoms with Crippen LogP contribution in [0.5, 0.6) is 0 Å². The van der Waals surface area contributed by atoms with E-state index in [2.05, 4.69) is 34.2 Å². The van der Waals surface area contributed by atoms with Crippen molar-refractivity contribution in [2.75, 3.05) is 0 Å². The van der Waals surface area contributed by atoms with Crippen molar-refractivity contribution in [3.05, 3.63) is 72.7 Å². The molecule has 0 aliphatic heterocycles. The van der Waals surface area contributed by atoms with Gasteiger partial charge in [0.05, 0.1) is 12.2 Å². The zero-order valence-electron chi connectivity index (χ0n) is 11.0. The molecule has 20 heavy (non-hydrogen) atoms. The fourth-order valence-corrected chi connectivity index (χ4v) is 2.16. The van der Waals surface area contributed by atoms with Crippen LogP contribution in [0.2, 0.25) is 0 Å². The molecule has 0 saturated heterocycles. The van der Waals surface area contributed by atoms with Crippen LogP contribution in [0.3, 0.4) is 0 Å². The van der Waals surface area contributed by atoms with Crippen molar-refractivity contribution in [3.63, 3.8) is 0 Å². The van der Waals surface area contributed by atoms with E-state index in [0.717, 1.165) is 22.4 Å². The van der Waals surface area contributed by atoms with E-state index < -0.39 is 0 Å². The molecule has 98 valence electrons. The standard InChI is InChI=1S/C17H15N3/c18-11-16-19-12-15(13-7-3-1-4-8-13)17(20-16)14-9-5-2-6-10-14/h1-10,12H,11,18H2. The first-order valence-electron chi connectivity index (χ1n) is 6.55. The molecule has 1 aromatic heterocycles. The number of nitrogens with two attached hydrogens (primary N) is 1. The molecule has 0 aliphatic carbocycles. The summed E-state index contributed by atoms with van der Waals surface area (Å²) in [5, 5.41) is 0. The molecule has 0 unspecified atom stereocenters. The Kier molecular flexibility index (Phi) is 3.52. The smallest absolute Gasteiger partial charge is 0.142 e. The van der Waals surface area contributed by atoms with Gasteiger partial charge in [0.2, 0.25) is 0 Å². The van der Waals surface area contributed by atoms with Crippen LogP contribution >= 0.6 is 0 Å². The highest BCUT2D eigenvalue weighted by atomic mass is 14.9. The van der Waals surface area contributed by atoms with Gasteiger partial charge in [-0.25, -0.2) is 9.97 Å². The third kappa shape index (κ3) is 2.44. The first-order valence-corrected chi connectivity index (χ1v) is 6.55. The normalized spacial score (nSPS) is 10.4. The van der Waals surface area contributed by atoms with E-state index >= 15 is 0 Å². The molecule has 1 heterocycles. The second-order valence-corrected chi connectivity index (χ2v) is 4.48. The van der Waals surface area contributed by atoms with Crippen molar-refractivity contribution in [2.45, 2.75) is 6.54 Å². The van der Waals surface area contributed by atoms with Crippen LogP contribution in [0.25, 0.3) is 22.4 Å². The Hall–Kier alpha value is -2.52. The minimum absolute atomic E-state index is 0.342. The predicted molar refractivity (Wildman–Crippen MR) is 80.8 cm³/mol. The van der Waals surface area contributed by atoms with Gasteiger partial charge >= 0.3 is 0 Å². The molecule has 3 heteroatoms. The summed E-state index contributed by atoms with van der Waals surface area (Å²) in [7, 11) is 0. The van der Waals surface area contributed by atoms with E-state index in [-0.39, 0.29) is 0 Å². The molecule has 0 bridgehead atoms. The highest BCUT2D eigenvalue weighted by Crippen LogP contribution is 2.29. The fraction of sp³-hybridized carbons (Fsp3) is 0.0588. The van der Waals surface area contributed by atoms with Gasteiger partial charge in [0, 0.05) is 17.3 Å². The molecule has 0 amide bonds. The number of nitrogens with zero attached hydrogens (tertiary/aromatic N) is 2. The molecule has 2 N–H and O–H groups in total. The highest BCUT2D eigenvalue weighted by molar-refractivity contribution is 5.79. The molecular formula is C17H15N3. The molecule has 2 aromatic carbocycles. The predicted octanol–water partition coefficient (Wildman–Crippen LogP) is 3.27. The third-order valence-electron chi connectivity index (χ3n) is 3.15. The average Bonchev–Trinajstić information content (AvgIpc) is 2.56. The van der Waals surface area contributed by atoms with Gasteiger partial charge in [-0.2, -0.15) is 0 Å². The van der Waals surface area contributed by atoms with E-state index in [1.165, 1.54) is 0 Å². The Morgan fingerprint density at radius 3 is 2.00 bits per heavy atom. The highest BCUT2D eigenvalue weighted by Gasteiger charge is 2.10. The number of aromatic nitrogens is 2. The van der Waals surface area contributed by atoms with Crippen molar-refractivity contribution >= 4 is 0 Å². The Morgan fingerprint density at radius 1 is 0.800 bits per heavy atom. The van der Waals surface area contributed by atoms with Gasteiger partial charge in [0.1, 0.15) is 5.82 Å². The quantitative estimate of drug-likeness (QED) is 0.787. The van der Waals surface area contributed by atoms with Crippen molar-refractivity contribution in [2.24, 2.45) is 5.73 Å². The average molecular weight is 261 g/mol. The summed E-state index contributed by atoms with van der Waals surface area (Å²) in [6.45, 7) is 0.342. The Labute approximate surface area is 118 Å². The first-order chi connectivity index (χ1) is 9.88. The Morgan fingerprint density at radius 2 is 1.40 bits per heavy atom. The lowest BCUT2D eigenvalue weighted by Crippen LogP contribution is -2.04. The van der Waals surface area contributed by atoms with Crippen molar-refractivity contribution in [1.29, 1.82) is 0 Å². The van der Waals surface area contributed by atoms with Gasteiger partial charge in [-0.05, 0) is 5.56 Å². The van der Waals surface area contributed by atoms with Crippen LogP contribution in [0.4, 0.5) is 0 Å². The maximum atomic E-state index is 5.66. The van der Waals surface area contributed by atoms with E-state index in [9.17, 15) is 0 Å². The zero-order chi connectivity index (χ0) is 13.8. The second kappa shape index (κ2) is 5.63. The van der Waals surface area contributed by atoms with Gasteiger partial charge < -0.3 is 5.73 Å². The number of benzene rings is 2. The van der Waals surface area contributed by atoms with E-state index in [1.54, 1.807) is 0 Å². The van der Waals surface area contributed by atoms with Gasteiger partial charge in [0.15, 0.2) is 0 Å². The van der Waals surface area contributed by atoms with Crippen molar-refractivity contribution < 1.29 is 0 Å². The van der Waals surface area contributed by atoms with Crippen LogP contribution < -0.4 is 5.73 Å². The maximum absolute atomic E-state index is 5.66. The van der Waals surface area contributed by atoms with Gasteiger partial charge in [0.25, 0.3) is 0 Å². The van der Waals surface area contributed by atoms with Crippen LogP contribution in [-0.4, -0.2) is 9.97 Å². The van der Waals surface area contributed by atoms with Crippen LogP contribution in [0.15, 0.2) is 66.9 Å².